The predicted molar refractivity (Wildman–Crippen MR) is 84.4 cm³/mol. The highest BCUT2D eigenvalue weighted by Crippen LogP contribution is 2.12. The summed E-state index contributed by atoms with van der Waals surface area (Å²) in [6.45, 7) is 7.54. The molecule has 1 rings (SSSR count). The lowest BCUT2D eigenvalue weighted by Crippen LogP contribution is -2.27. The maximum absolute atomic E-state index is 5.61. The largest absolute Gasteiger partial charge is 0.368 e. The van der Waals surface area contributed by atoms with Gasteiger partial charge in [0.1, 0.15) is 0 Å². The second-order valence-corrected chi connectivity index (χ2v) is 4.85. The third-order valence-electron chi connectivity index (χ3n) is 3.07. The van der Waals surface area contributed by atoms with Crippen molar-refractivity contribution in [3.63, 3.8) is 0 Å². The molecule has 0 aliphatic carbocycles. The first-order valence-electron chi connectivity index (χ1n) is 7.30. The van der Waals surface area contributed by atoms with Gasteiger partial charge in [-0.2, -0.15) is 15.0 Å². The van der Waals surface area contributed by atoms with Gasteiger partial charge in [0.15, 0.2) is 0 Å². The van der Waals surface area contributed by atoms with Crippen LogP contribution in [0.5, 0.6) is 0 Å². The Labute approximate surface area is 121 Å². The molecule has 1 heterocycles. The van der Waals surface area contributed by atoms with Crippen molar-refractivity contribution in [2.24, 2.45) is 0 Å². The summed E-state index contributed by atoms with van der Waals surface area (Å²) in [5.41, 5.74) is 11.2. The summed E-state index contributed by atoms with van der Waals surface area (Å²) >= 11 is 0. The molecule has 1 aromatic rings. The van der Waals surface area contributed by atoms with Crippen LogP contribution in [0.2, 0.25) is 0 Å². The third-order valence-corrected chi connectivity index (χ3v) is 3.07. The summed E-state index contributed by atoms with van der Waals surface area (Å²) in [4.78, 5) is 14.1. The molecule has 0 bridgehead atoms. The molecule has 112 valence electrons. The number of nitrogens with zero attached hydrogens (tertiary/aromatic N) is 4. The molecule has 0 aliphatic rings. The highest BCUT2D eigenvalue weighted by Gasteiger charge is 2.10. The van der Waals surface area contributed by atoms with Crippen molar-refractivity contribution in [3.8, 4) is 0 Å². The fourth-order valence-electron chi connectivity index (χ4n) is 2.05. The molecule has 0 saturated heterocycles. The van der Waals surface area contributed by atoms with E-state index in [-0.39, 0.29) is 11.9 Å². The molecule has 0 unspecified atom stereocenters. The van der Waals surface area contributed by atoms with E-state index in [1.165, 1.54) is 32.1 Å². The standard InChI is InChI=1S/C14H26N6/c1-3-5-6-7-8-9-11-20(10-4-2)14-18-12(15)17-13(16)19-14/h4H,2-3,5-11H2,1H3,(H4,15,16,17,18,19). The van der Waals surface area contributed by atoms with Gasteiger partial charge in [-0.15, -0.1) is 6.58 Å². The lowest BCUT2D eigenvalue weighted by atomic mass is 10.1. The fourth-order valence-corrected chi connectivity index (χ4v) is 2.05. The fraction of sp³-hybridized carbons (Fsp3) is 0.643. The van der Waals surface area contributed by atoms with Crippen LogP contribution in [0.15, 0.2) is 12.7 Å². The summed E-state index contributed by atoms with van der Waals surface area (Å²) in [6, 6.07) is 0. The zero-order chi connectivity index (χ0) is 14.8. The Bertz CT molecular complexity index is 386. The highest BCUT2D eigenvalue weighted by molar-refractivity contribution is 5.40. The average Bonchev–Trinajstić information content (AvgIpc) is 2.40. The zero-order valence-corrected chi connectivity index (χ0v) is 12.4. The quantitative estimate of drug-likeness (QED) is 0.504. The van der Waals surface area contributed by atoms with Gasteiger partial charge < -0.3 is 16.4 Å². The van der Waals surface area contributed by atoms with Crippen LogP contribution in [0.25, 0.3) is 0 Å². The van der Waals surface area contributed by atoms with Gasteiger partial charge in [-0.05, 0) is 6.42 Å². The minimum atomic E-state index is 0.157. The molecule has 0 amide bonds. The smallest absolute Gasteiger partial charge is 0.232 e. The first-order chi connectivity index (χ1) is 9.67. The van der Waals surface area contributed by atoms with E-state index >= 15 is 0 Å². The van der Waals surface area contributed by atoms with Crippen LogP contribution in [0.3, 0.4) is 0 Å². The molecule has 0 radical (unpaired) electrons. The molecular weight excluding hydrogens is 252 g/mol. The van der Waals surface area contributed by atoms with Crippen LogP contribution in [0.1, 0.15) is 45.4 Å². The van der Waals surface area contributed by atoms with E-state index in [2.05, 4.69) is 28.5 Å². The van der Waals surface area contributed by atoms with Crippen molar-refractivity contribution < 1.29 is 0 Å². The number of anilines is 3. The third kappa shape index (κ3) is 5.86. The molecule has 6 heteroatoms. The van der Waals surface area contributed by atoms with Gasteiger partial charge in [0.05, 0.1) is 0 Å². The first-order valence-corrected chi connectivity index (χ1v) is 7.30. The number of hydrogen-bond acceptors (Lipinski definition) is 6. The Kier molecular flexibility index (Phi) is 7.39. The SMILES string of the molecule is C=CCN(CCCCCCCC)c1nc(N)nc(N)n1. The molecule has 20 heavy (non-hydrogen) atoms. The number of nitrogen functional groups attached to an aromatic ring is 2. The number of aromatic nitrogens is 3. The van der Waals surface area contributed by atoms with Crippen molar-refractivity contribution >= 4 is 17.8 Å². The van der Waals surface area contributed by atoms with E-state index in [0.29, 0.717) is 12.5 Å². The first kappa shape index (κ1) is 16.2. The Morgan fingerprint density at radius 1 is 1.00 bits per heavy atom. The number of hydrogen-bond donors (Lipinski definition) is 2. The Balaban J connectivity index is 2.49. The summed E-state index contributed by atoms with van der Waals surface area (Å²) in [5, 5.41) is 0. The molecule has 0 aromatic carbocycles. The Hall–Kier alpha value is -1.85. The minimum Gasteiger partial charge on any atom is -0.368 e. The summed E-state index contributed by atoms with van der Waals surface area (Å²) in [5.74, 6) is 0.845. The highest BCUT2D eigenvalue weighted by atomic mass is 15.3. The topological polar surface area (TPSA) is 94.0 Å². The maximum atomic E-state index is 5.61. The maximum Gasteiger partial charge on any atom is 0.232 e. The van der Waals surface area contributed by atoms with Gasteiger partial charge >= 0.3 is 0 Å². The van der Waals surface area contributed by atoms with Gasteiger partial charge in [-0.25, -0.2) is 0 Å². The molecule has 0 spiro atoms. The van der Waals surface area contributed by atoms with E-state index in [1.807, 2.05) is 11.0 Å². The van der Waals surface area contributed by atoms with E-state index in [4.69, 9.17) is 11.5 Å². The number of rotatable bonds is 10. The van der Waals surface area contributed by atoms with E-state index in [9.17, 15) is 0 Å². The van der Waals surface area contributed by atoms with Crippen LogP contribution in [0.4, 0.5) is 17.8 Å². The summed E-state index contributed by atoms with van der Waals surface area (Å²) in [6.07, 6.45) is 9.31. The second kappa shape index (κ2) is 9.12. The monoisotopic (exact) mass is 278 g/mol. The van der Waals surface area contributed by atoms with E-state index in [1.54, 1.807) is 0 Å². The Morgan fingerprint density at radius 2 is 1.60 bits per heavy atom. The molecule has 4 N–H and O–H groups in total. The molecule has 1 aromatic heterocycles. The van der Waals surface area contributed by atoms with Gasteiger partial charge in [-0.1, -0.05) is 45.1 Å². The van der Waals surface area contributed by atoms with Crippen molar-refractivity contribution in [3.05, 3.63) is 12.7 Å². The predicted octanol–water partition coefficient (Wildman–Crippen LogP) is 2.39. The van der Waals surface area contributed by atoms with Gasteiger partial charge in [0.2, 0.25) is 17.8 Å². The van der Waals surface area contributed by atoms with Crippen LogP contribution in [-0.4, -0.2) is 28.0 Å². The van der Waals surface area contributed by atoms with Crippen molar-refractivity contribution in [1.82, 2.24) is 15.0 Å². The molecule has 0 aliphatic heterocycles. The number of nitrogens with two attached hydrogens (primary N) is 2. The lowest BCUT2D eigenvalue weighted by molar-refractivity contribution is 0.600. The van der Waals surface area contributed by atoms with Crippen LogP contribution < -0.4 is 16.4 Å². The van der Waals surface area contributed by atoms with E-state index < -0.39 is 0 Å². The summed E-state index contributed by atoms with van der Waals surface area (Å²) in [7, 11) is 0. The minimum absolute atomic E-state index is 0.157. The molecular formula is C14H26N6. The van der Waals surface area contributed by atoms with Crippen molar-refractivity contribution in [2.75, 3.05) is 29.5 Å². The van der Waals surface area contributed by atoms with Crippen LogP contribution in [0, 0.1) is 0 Å². The second-order valence-electron chi connectivity index (χ2n) is 4.85. The molecule has 0 fully saturated rings. The lowest BCUT2D eigenvalue weighted by Gasteiger charge is -2.21. The van der Waals surface area contributed by atoms with Crippen molar-refractivity contribution in [2.45, 2.75) is 45.4 Å². The normalized spacial score (nSPS) is 10.4. The van der Waals surface area contributed by atoms with Crippen LogP contribution >= 0.6 is 0 Å². The summed E-state index contributed by atoms with van der Waals surface area (Å²) < 4.78 is 0. The van der Waals surface area contributed by atoms with Crippen molar-refractivity contribution in [1.29, 1.82) is 0 Å². The van der Waals surface area contributed by atoms with Crippen LogP contribution in [-0.2, 0) is 0 Å². The average molecular weight is 278 g/mol. The molecule has 0 atom stereocenters. The van der Waals surface area contributed by atoms with E-state index in [0.717, 1.165) is 13.0 Å². The van der Waals surface area contributed by atoms with Gasteiger partial charge in [0, 0.05) is 13.1 Å². The molecule has 0 saturated carbocycles. The van der Waals surface area contributed by atoms with Gasteiger partial charge in [-0.3, -0.25) is 0 Å². The molecule has 6 nitrogen and oxygen atoms in total. The Morgan fingerprint density at radius 3 is 2.20 bits per heavy atom. The van der Waals surface area contributed by atoms with Gasteiger partial charge in [0.25, 0.3) is 0 Å². The number of unbranched alkanes of at least 4 members (excludes halogenated alkanes) is 5. The zero-order valence-electron chi connectivity index (χ0n) is 12.4.